The number of furan rings is 1. The molecule has 2 aromatic rings. The maximum Gasteiger partial charge on any atom is 0.289 e. The first-order chi connectivity index (χ1) is 11.8. The van der Waals surface area contributed by atoms with Crippen molar-refractivity contribution in [3.63, 3.8) is 0 Å². The van der Waals surface area contributed by atoms with Gasteiger partial charge in [-0.3, -0.25) is 4.79 Å². The lowest BCUT2D eigenvalue weighted by Crippen LogP contribution is -2.47. The Balaban J connectivity index is 1.52. The number of ether oxygens (including phenoxy) is 1. The van der Waals surface area contributed by atoms with Crippen molar-refractivity contribution in [1.29, 1.82) is 0 Å². The van der Waals surface area contributed by atoms with Crippen LogP contribution in [0.5, 0.6) is 0 Å². The van der Waals surface area contributed by atoms with E-state index in [9.17, 15) is 4.79 Å². The summed E-state index contributed by atoms with van der Waals surface area (Å²) in [7, 11) is 1.70. The number of hydrogen-bond donors (Lipinski definition) is 1. The number of carbonyl (C=O) groups excluding carboxylic acids is 1. The first-order valence-electron chi connectivity index (χ1n) is 8.33. The summed E-state index contributed by atoms with van der Waals surface area (Å²) in [6.07, 6.45) is 7.35. The highest BCUT2D eigenvalue weighted by atomic mass is 16.5. The Labute approximate surface area is 141 Å². The maximum absolute atomic E-state index is 12.4. The van der Waals surface area contributed by atoms with Crippen LogP contribution in [0.3, 0.4) is 0 Å². The van der Waals surface area contributed by atoms with Crippen molar-refractivity contribution in [1.82, 2.24) is 19.8 Å². The molecule has 0 spiro atoms. The number of nitrogens with zero attached hydrogens (tertiary/aromatic N) is 3. The molecule has 1 aliphatic rings. The molecule has 0 aromatic carbocycles. The lowest BCUT2D eigenvalue weighted by molar-refractivity contribution is 0.0661. The Morgan fingerprint density at radius 3 is 3.25 bits per heavy atom. The normalized spacial score (nSPS) is 18.0. The van der Waals surface area contributed by atoms with E-state index in [1.165, 1.54) is 6.26 Å². The van der Waals surface area contributed by atoms with Crippen molar-refractivity contribution in [3.05, 3.63) is 42.4 Å². The van der Waals surface area contributed by atoms with Gasteiger partial charge in [0.25, 0.3) is 5.91 Å². The minimum absolute atomic E-state index is 0.0342. The number of piperidine rings is 1. The number of nitrogens with one attached hydrogen (secondary N) is 1. The number of amides is 1. The number of hydrogen-bond acceptors (Lipinski definition) is 5. The molecule has 130 valence electrons. The predicted molar refractivity (Wildman–Crippen MR) is 88.6 cm³/mol. The average Bonchev–Trinajstić information content (AvgIpc) is 3.29. The summed E-state index contributed by atoms with van der Waals surface area (Å²) in [6, 6.07) is 3.73. The molecule has 1 unspecified atom stereocenters. The van der Waals surface area contributed by atoms with Crippen LogP contribution in [0.4, 0.5) is 0 Å². The van der Waals surface area contributed by atoms with E-state index in [1.54, 1.807) is 25.4 Å². The summed E-state index contributed by atoms with van der Waals surface area (Å²) in [5.74, 6) is 1.36. The van der Waals surface area contributed by atoms with Crippen molar-refractivity contribution < 1.29 is 13.9 Å². The fraction of sp³-hybridized carbons (Fsp3) is 0.529. The molecule has 1 fully saturated rings. The molecule has 1 amide bonds. The summed E-state index contributed by atoms with van der Waals surface area (Å²) in [4.78, 5) is 18.6. The van der Waals surface area contributed by atoms with Crippen LogP contribution in [0.25, 0.3) is 0 Å². The zero-order valence-corrected chi connectivity index (χ0v) is 14.0. The van der Waals surface area contributed by atoms with Crippen LogP contribution in [-0.4, -0.2) is 53.2 Å². The molecule has 3 heterocycles. The van der Waals surface area contributed by atoms with E-state index in [2.05, 4.69) is 14.9 Å². The molecule has 0 bridgehead atoms. The topological polar surface area (TPSA) is 72.5 Å². The molecule has 0 aliphatic carbocycles. The van der Waals surface area contributed by atoms with Crippen LogP contribution >= 0.6 is 0 Å². The van der Waals surface area contributed by atoms with Crippen molar-refractivity contribution >= 4 is 5.91 Å². The Hall–Kier alpha value is -2.12. The summed E-state index contributed by atoms with van der Waals surface area (Å²) in [5, 5.41) is 3.52. The van der Waals surface area contributed by atoms with Gasteiger partial charge in [-0.1, -0.05) is 0 Å². The molecule has 7 heteroatoms. The van der Waals surface area contributed by atoms with E-state index < -0.39 is 0 Å². The van der Waals surface area contributed by atoms with E-state index in [1.807, 2.05) is 11.1 Å². The first-order valence-corrected chi connectivity index (χ1v) is 8.33. The third-order valence-electron chi connectivity index (χ3n) is 4.33. The Morgan fingerprint density at radius 1 is 1.54 bits per heavy atom. The highest BCUT2D eigenvalue weighted by Crippen LogP contribution is 2.14. The van der Waals surface area contributed by atoms with Crippen LogP contribution in [0.15, 0.2) is 35.2 Å². The molecule has 24 heavy (non-hydrogen) atoms. The average molecular weight is 332 g/mol. The lowest BCUT2D eigenvalue weighted by Gasteiger charge is -2.32. The first kappa shape index (κ1) is 16.7. The van der Waals surface area contributed by atoms with Crippen molar-refractivity contribution in [2.45, 2.75) is 32.0 Å². The number of rotatable bonds is 7. The second-order valence-electron chi connectivity index (χ2n) is 5.98. The number of aromatic nitrogens is 2. The summed E-state index contributed by atoms with van der Waals surface area (Å²) in [6.45, 7) is 3.61. The minimum Gasteiger partial charge on any atom is -0.459 e. The highest BCUT2D eigenvalue weighted by Gasteiger charge is 2.25. The van der Waals surface area contributed by atoms with E-state index in [4.69, 9.17) is 9.15 Å². The zero-order valence-electron chi connectivity index (χ0n) is 14.0. The van der Waals surface area contributed by atoms with Gasteiger partial charge in [-0.25, -0.2) is 4.98 Å². The van der Waals surface area contributed by atoms with Gasteiger partial charge in [-0.05, 0) is 25.0 Å². The fourth-order valence-electron chi connectivity index (χ4n) is 3.02. The number of carbonyl (C=O) groups is 1. The van der Waals surface area contributed by atoms with Crippen LogP contribution in [0.1, 0.15) is 29.2 Å². The van der Waals surface area contributed by atoms with E-state index in [0.29, 0.717) is 25.5 Å². The standard InChI is InChI=1S/C17H24N4O3/c1-23-11-9-20-8-6-18-16(20)12-19-14-4-2-7-21(13-14)17(22)15-5-3-10-24-15/h3,5-6,8,10,14,19H,2,4,7,9,11-13H2,1H3. The third-order valence-corrected chi connectivity index (χ3v) is 4.33. The fourth-order valence-corrected chi connectivity index (χ4v) is 3.02. The van der Waals surface area contributed by atoms with Gasteiger partial charge in [0.15, 0.2) is 5.76 Å². The van der Waals surface area contributed by atoms with Gasteiger partial charge < -0.3 is 23.9 Å². The molecular weight excluding hydrogens is 308 g/mol. The number of likely N-dealkylation sites (tertiary alicyclic amines) is 1. The highest BCUT2D eigenvalue weighted by molar-refractivity contribution is 5.91. The molecule has 1 N–H and O–H groups in total. The molecule has 1 aliphatic heterocycles. The quantitative estimate of drug-likeness (QED) is 0.832. The second kappa shape index (κ2) is 8.12. The van der Waals surface area contributed by atoms with Crippen LogP contribution < -0.4 is 5.32 Å². The van der Waals surface area contributed by atoms with E-state index >= 15 is 0 Å². The molecule has 0 saturated carbocycles. The van der Waals surface area contributed by atoms with Gasteiger partial charge in [-0.2, -0.15) is 0 Å². The zero-order chi connectivity index (χ0) is 16.8. The van der Waals surface area contributed by atoms with Crippen LogP contribution in [0, 0.1) is 0 Å². The van der Waals surface area contributed by atoms with Crippen LogP contribution in [0.2, 0.25) is 0 Å². The second-order valence-corrected chi connectivity index (χ2v) is 5.98. The van der Waals surface area contributed by atoms with Crippen LogP contribution in [-0.2, 0) is 17.8 Å². The van der Waals surface area contributed by atoms with Gasteiger partial charge in [0.05, 0.1) is 19.4 Å². The van der Waals surface area contributed by atoms with E-state index in [0.717, 1.165) is 31.8 Å². The van der Waals surface area contributed by atoms with Gasteiger partial charge in [0, 0.05) is 45.2 Å². The summed E-state index contributed by atoms with van der Waals surface area (Å²) < 4.78 is 12.4. The summed E-state index contributed by atoms with van der Waals surface area (Å²) >= 11 is 0. The third kappa shape index (κ3) is 4.04. The molecule has 1 atom stereocenters. The van der Waals surface area contributed by atoms with Gasteiger partial charge in [0.2, 0.25) is 0 Å². The van der Waals surface area contributed by atoms with Gasteiger partial charge >= 0.3 is 0 Å². The smallest absolute Gasteiger partial charge is 0.289 e. The molecule has 0 radical (unpaired) electrons. The van der Waals surface area contributed by atoms with E-state index in [-0.39, 0.29) is 11.9 Å². The SMILES string of the molecule is COCCn1ccnc1CNC1CCCN(C(=O)c2ccco2)C1. The van der Waals surface area contributed by atoms with Crippen molar-refractivity contribution in [3.8, 4) is 0 Å². The Kier molecular flexibility index (Phi) is 5.66. The molecule has 3 rings (SSSR count). The maximum atomic E-state index is 12.4. The molecule has 1 saturated heterocycles. The molecule has 7 nitrogen and oxygen atoms in total. The number of methoxy groups -OCH3 is 1. The largest absolute Gasteiger partial charge is 0.459 e. The molecule has 2 aromatic heterocycles. The predicted octanol–water partition coefficient (Wildman–Crippen LogP) is 1.52. The minimum atomic E-state index is -0.0342. The van der Waals surface area contributed by atoms with Gasteiger partial charge in [-0.15, -0.1) is 0 Å². The Bertz CT molecular complexity index is 638. The lowest BCUT2D eigenvalue weighted by atomic mass is 10.1. The van der Waals surface area contributed by atoms with Crippen molar-refractivity contribution in [2.75, 3.05) is 26.8 Å². The molecular formula is C17H24N4O3. The Morgan fingerprint density at radius 2 is 2.46 bits per heavy atom. The van der Waals surface area contributed by atoms with Gasteiger partial charge in [0.1, 0.15) is 5.82 Å². The summed E-state index contributed by atoms with van der Waals surface area (Å²) in [5.41, 5.74) is 0. The van der Waals surface area contributed by atoms with Crippen molar-refractivity contribution in [2.24, 2.45) is 0 Å². The number of imidazole rings is 1. The monoisotopic (exact) mass is 332 g/mol.